The molecule has 7 nitrogen and oxygen atoms in total. The average molecular weight is 533 g/mol. The van der Waals surface area contributed by atoms with Crippen molar-refractivity contribution in [3.8, 4) is 5.75 Å². The molecule has 2 aromatic carbocycles. The largest absolute Gasteiger partial charge is 0.491 e. The lowest BCUT2D eigenvalue weighted by Crippen LogP contribution is -2.33. The topological polar surface area (TPSA) is 87.2 Å². The number of hydrogen-bond donors (Lipinski definition) is 1. The van der Waals surface area contributed by atoms with Crippen LogP contribution < -0.4 is 4.74 Å². The highest BCUT2D eigenvalue weighted by molar-refractivity contribution is 6.42. The van der Waals surface area contributed by atoms with Crippen molar-refractivity contribution in [1.29, 1.82) is 0 Å². The van der Waals surface area contributed by atoms with Crippen LogP contribution in [0.3, 0.4) is 0 Å². The first-order valence-electron chi connectivity index (χ1n) is 12.2. The SMILES string of the molecule is Cc1cc(CN(CC2CC2)[C@@H](CC(=O)O)c2ccc(Cl)c(Cl)c2)ccc1OCCN1C(=O)CCC1=O. The normalized spacial score (nSPS) is 16.6. The summed E-state index contributed by atoms with van der Waals surface area (Å²) in [4.78, 5) is 38.8. The highest BCUT2D eigenvalue weighted by atomic mass is 35.5. The maximum absolute atomic E-state index is 11.8. The van der Waals surface area contributed by atoms with E-state index >= 15 is 0 Å². The first-order valence-corrected chi connectivity index (χ1v) is 12.9. The monoisotopic (exact) mass is 532 g/mol. The fraction of sp³-hybridized carbons (Fsp3) is 0.444. The summed E-state index contributed by atoms with van der Waals surface area (Å²) in [5.74, 6) is 0.0809. The number of benzene rings is 2. The van der Waals surface area contributed by atoms with Gasteiger partial charge in [0.15, 0.2) is 0 Å². The molecule has 4 rings (SSSR count). The molecule has 0 aromatic heterocycles. The second-order valence-corrected chi connectivity index (χ2v) is 10.4. The van der Waals surface area contributed by atoms with Gasteiger partial charge in [0.05, 0.1) is 23.0 Å². The molecule has 1 aliphatic carbocycles. The standard InChI is InChI=1S/C27H30Cl2N2O5/c1-17-12-19(4-7-24(17)36-11-10-31-25(32)8-9-26(31)33)16-30(15-18-2-3-18)23(14-27(34)35)20-5-6-21(28)22(29)13-20/h4-7,12-13,18,23H,2-3,8-11,14-16H2,1H3,(H,34,35)/t23-/m0/s1. The number of aryl methyl sites for hydroxylation is 1. The fourth-order valence-electron chi connectivity index (χ4n) is 4.60. The zero-order valence-electron chi connectivity index (χ0n) is 20.2. The smallest absolute Gasteiger partial charge is 0.305 e. The van der Waals surface area contributed by atoms with Gasteiger partial charge in [0.2, 0.25) is 11.8 Å². The highest BCUT2D eigenvalue weighted by Gasteiger charge is 2.31. The Morgan fingerprint density at radius 3 is 2.44 bits per heavy atom. The zero-order chi connectivity index (χ0) is 25.8. The maximum atomic E-state index is 11.8. The Morgan fingerprint density at radius 2 is 1.83 bits per heavy atom. The minimum absolute atomic E-state index is 0.0429. The summed E-state index contributed by atoms with van der Waals surface area (Å²) in [5.41, 5.74) is 2.80. The minimum atomic E-state index is -0.873. The Kier molecular flexibility index (Phi) is 8.54. The Hall–Kier alpha value is -2.61. The first kappa shape index (κ1) is 26.5. The van der Waals surface area contributed by atoms with Gasteiger partial charge in [0.25, 0.3) is 0 Å². The number of carbonyl (C=O) groups is 3. The number of halogens is 2. The van der Waals surface area contributed by atoms with Crippen molar-refractivity contribution in [2.75, 3.05) is 19.7 Å². The number of ether oxygens (including phenoxy) is 1. The number of carbonyl (C=O) groups excluding carboxylic acids is 2. The van der Waals surface area contributed by atoms with Gasteiger partial charge in [-0.15, -0.1) is 0 Å². The van der Waals surface area contributed by atoms with Crippen LogP contribution in [-0.4, -0.2) is 52.4 Å². The lowest BCUT2D eigenvalue weighted by Gasteiger charge is -2.32. The second-order valence-electron chi connectivity index (χ2n) is 9.55. The van der Waals surface area contributed by atoms with Crippen LogP contribution in [0.4, 0.5) is 0 Å². The molecule has 1 aliphatic heterocycles. The highest BCUT2D eigenvalue weighted by Crippen LogP contribution is 2.37. The van der Waals surface area contributed by atoms with E-state index in [1.807, 2.05) is 31.2 Å². The van der Waals surface area contributed by atoms with Crippen molar-refractivity contribution in [2.45, 2.75) is 51.6 Å². The number of carboxylic acid groups (broad SMARTS) is 1. The predicted octanol–water partition coefficient (Wildman–Crippen LogP) is 5.26. The second kappa shape index (κ2) is 11.6. The van der Waals surface area contributed by atoms with Crippen LogP contribution in [0, 0.1) is 12.8 Å². The number of imide groups is 1. The Morgan fingerprint density at radius 1 is 1.11 bits per heavy atom. The van der Waals surface area contributed by atoms with Crippen molar-refractivity contribution in [1.82, 2.24) is 9.80 Å². The lowest BCUT2D eigenvalue weighted by molar-refractivity contribution is -0.140. The third-order valence-electron chi connectivity index (χ3n) is 6.68. The summed E-state index contributed by atoms with van der Waals surface area (Å²) in [6.45, 7) is 3.81. The number of hydrogen-bond acceptors (Lipinski definition) is 5. The fourth-order valence-corrected chi connectivity index (χ4v) is 4.91. The number of nitrogens with zero attached hydrogens (tertiary/aromatic N) is 2. The Bertz CT molecular complexity index is 1130. The molecule has 0 bridgehead atoms. The predicted molar refractivity (Wildman–Crippen MR) is 137 cm³/mol. The molecule has 2 fully saturated rings. The molecule has 1 heterocycles. The van der Waals surface area contributed by atoms with Crippen molar-refractivity contribution >= 4 is 41.0 Å². The minimum Gasteiger partial charge on any atom is -0.491 e. The Balaban J connectivity index is 1.47. The molecule has 0 spiro atoms. The van der Waals surface area contributed by atoms with Gasteiger partial charge in [-0.3, -0.25) is 24.2 Å². The number of likely N-dealkylation sites (tertiary alicyclic amines) is 1. The summed E-state index contributed by atoms with van der Waals surface area (Å²) < 4.78 is 5.86. The van der Waals surface area contributed by atoms with Crippen LogP contribution in [0.15, 0.2) is 36.4 Å². The van der Waals surface area contributed by atoms with Crippen molar-refractivity contribution in [3.05, 3.63) is 63.1 Å². The lowest BCUT2D eigenvalue weighted by atomic mass is 10.00. The molecule has 1 N–H and O–H groups in total. The summed E-state index contributed by atoms with van der Waals surface area (Å²) >= 11 is 12.4. The van der Waals surface area contributed by atoms with Crippen LogP contribution in [-0.2, 0) is 20.9 Å². The van der Waals surface area contributed by atoms with Crippen LogP contribution in [0.25, 0.3) is 0 Å². The van der Waals surface area contributed by atoms with Gasteiger partial charge in [-0.05, 0) is 60.6 Å². The molecule has 192 valence electrons. The quantitative estimate of drug-likeness (QED) is 0.375. The van der Waals surface area contributed by atoms with Crippen LogP contribution in [0.1, 0.15) is 54.8 Å². The summed E-state index contributed by atoms with van der Waals surface area (Å²) in [6, 6.07) is 10.9. The Labute approximate surface area is 220 Å². The number of aliphatic carboxylic acids is 1. The molecule has 1 atom stereocenters. The van der Waals surface area contributed by atoms with Gasteiger partial charge in [0, 0.05) is 32.0 Å². The molecule has 1 saturated heterocycles. The molecule has 36 heavy (non-hydrogen) atoms. The molecule has 2 amide bonds. The average Bonchev–Trinajstić information content (AvgIpc) is 3.59. The van der Waals surface area contributed by atoms with Crippen LogP contribution in [0.5, 0.6) is 5.75 Å². The third kappa shape index (κ3) is 6.78. The van der Waals surface area contributed by atoms with Gasteiger partial charge in [-0.2, -0.15) is 0 Å². The molecular weight excluding hydrogens is 503 g/mol. The van der Waals surface area contributed by atoms with Gasteiger partial charge in [0.1, 0.15) is 12.4 Å². The molecule has 1 saturated carbocycles. The molecule has 9 heteroatoms. The zero-order valence-corrected chi connectivity index (χ0v) is 21.7. The van der Waals surface area contributed by atoms with Gasteiger partial charge in [-0.25, -0.2) is 0 Å². The van der Waals surface area contributed by atoms with E-state index in [4.69, 9.17) is 27.9 Å². The van der Waals surface area contributed by atoms with Gasteiger partial charge >= 0.3 is 5.97 Å². The van der Waals surface area contributed by atoms with Crippen LogP contribution in [0.2, 0.25) is 10.0 Å². The van der Waals surface area contributed by atoms with E-state index in [-0.39, 0.29) is 50.3 Å². The molecule has 0 radical (unpaired) electrons. The van der Waals surface area contributed by atoms with E-state index in [9.17, 15) is 19.5 Å². The molecular formula is C27H30Cl2N2O5. The van der Waals surface area contributed by atoms with Crippen molar-refractivity contribution in [2.24, 2.45) is 5.92 Å². The van der Waals surface area contributed by atoms with E-state index in [0.29, 0.717) is 28.3 Å². The van der Waals surface area contributed by atoms with Crippen LogP contribution >= 0.6 is 23.2 Å². The number of carboxylic acids is 1. The van der Waals surface area contributed by atoms with Gasteiger partial charge in [-0.1, -0.05) is 41.4 Å². The van der Waals surface area contributed by atoms with E-state index < -0.39 is 5.97 Å². The summed E-state index contributed by atoms with van der Waals surface area (Å²) in [6.07, 6.45) is 2.79. The molecule has 0 unspecified atom stereocenters. The number of amides is 2. The van der Waals surface area contributed by atoms with Crippen molar-refractivity contribution in [3.63, 3.8) is 0 Å². The van der Waals surface area contributed by atoms with Crippen molar-refractivity contribution < 1.29 is 24.2 Å². The third-order valence-corrected chi connectivity index (χ3v) is 7.42. The van der Waals surface area contributed by atoms with E-state index in [1.165, 1.54) is 4.90 Å². The number of rotatable bonds is 12. The van der Waals surface area contributed by atoms with Gasteiger partial charge < -0.3 is 9.84 Å². The van der Waals surface area contributed by atoms with E-state index in [2.05, 4.69) is 4.90 Å². The summed E-state index contributed by atoms with van der Waals surface area (Å²) in [7, 11) is 0. The van der Waals surface area contributed by atoms with E-state index in [1.54, 1.807) is 12.1 Å². The molecule has 2 aliphatic rings. The molecule has 2 aromatic rings. The first-order chi connectivity index (χ1) is 17.2. The summed E-state index contributed by atoms with van der Waals surface area (Å²) in [5, 5.41) is 10.5. The van der Waals surface area contributed by atoms with E-state index in [0.717, 1.165) is 36.1 Å². The maximum Gasteiger partial charge on any atom is 0.305 e.